The molecule has 2 unspecified atom stereocenters. The second kappa shape index (κ2) is 6.06. The normalized spacial score (nSPS) is 24.3. The third-order valence-corrected chi connectivity index (χ3v) is 4.44. The molecule has 0 amide bonds. The minimum absolute atomic E-state index is 0.576. The number of nitrogens with one attached hydrogen (secondary N) is 1. The highest BCUT2D eigenvalue weighted by Crippen LogP contribution is 2.39. The van der Waals surface area contributed by atoms with Gasteiger partial charge in [0.2, 0.25) is 0 Å². The topological polar surface area (TPSA) is 15.3 Å². The maximum Gasteiger partial charge on any atom is 0.0394 e. The zero-order valence-corrected chi connectivity index (χ0v) is 13.0. The van der Waals surface area contributed by atoms with E-state index in [1.54, 1.807) is 0 Å². The Morgan fingerprint density at radius 2 is 2.05 bits per heavy atom. The maximum atomic E-state index is 3.38. The molecule has 2 nitrogen and oxygen atoms in total. The number of rotatable bonds is 4. The van der Waals surface area contributed by atoms with Crippen LogP contribution < -0.4 is 5.32 Å². The Bertz CT molecular complexity index is 425. The van der Waals surface area contributed by atoms with Crippen LogP contribution in [0.25, 0.3) is 0 Å². The second-order valence-corrected chi connectivity index (χ2v) is 6.24. The molecule has 2 rings (SSSR count). The van der Waals surface area contributed by atoms with Crippen LogP contribution in [-0.4, -0.2) is 31.1 Å². The zero-order chi connectivity index (χ0) is 14.0. The first-order valence-corrected chi connectivity index (χ1v) is 7.52. The summed E-state index contributed by atoms with van der Waals surface area (Å²) in [7, 11) is 2.07. The largest absolute Gasteiger partial charge is 0.319 e. The summed E-state index contributed by atoms with van der Waals surface area (Å²) in [6.45, 7) is 11.4. The molecule has 1 heterocycles. The molecule has 0 bridgehead atoms. The van der Waals surface area contributed by atoms with E-state index in [0.717, 1.165) is 12.5 Å². The van der Waals surface area contributed by atoms with Gasteiger partial charge in [0.25, 0.3) is 0 Å². The maximum absolute atomic E-state index is 3.38. The molecule has 1 saturated heterocycles. The van der Waals surface area contributed by atoms with Crippen molar-refractivity contribution in [1.29, 1.82) is 0 Å². The summed E-state index contributed by atoms with van der Waals surface area (Å²) >= 11 is 0. The van der Waals surface area contributed by atoms with Gasteiger partial charge in [-0.1, -0.05) is 23.8 Å². The molecule has 0 radical (unpaired) electrons. The van der Waals surface area contributed by atoms with Crippen LogP contribution in [0.4, 0.5) is 0 Å². The van der Waals surface area contributed by atoms with Crippen LogP contribution in [0.2, 0.25) is 0 Å². The van der Waals surface area contributed by atoms with E-state index in [0.29, 0.717) is 12.1 Å². The number of hydrogen-bond donors (Lipinski definition) is 1. The van der Waals surface area contributed by atoms with Gasteiger partial charge < -0.3 is 5.32 Å². The third-order valence-electron chi connectivity index (χ3n) is 4.44. The molecule has 1 aromatic rings. The Morgan fingerprint density at radius 1 is 1.32 bits per heavy atom. The first-order valence-electron chi connectivity index (χ1n) is 7.52. The van der Waals surface area contributed by atoms with Gasteiger partial charge in [-0.25, -0.2) is 0 Å². The van der Waals surface area contributed by atoms with Crippen LogP contribution in [0.5, 0.6) is 0 Å². The first-order chi connectivity index (χ1) is 9.04. The fraction of sp³-hybridized carbons (Fsp3) is 0.647. The highest BCUT2D eigenvalue weighted by Gasteiger charge is 2.36. The molecule has 1 fully saturated rings. The van der Waals surface area contributed by atoms with Crippen molar-refractivity contribution < 1.29 is 0 Å². The van der Waals surface area contributed by atoms with Crippen molar-refractivity contribution in [3.05, 3.63) is 34.9 Å². The Labute approximate surface area is 118 Å². The van der Waals surface area contributed by atoms with Crippen molar-refractivity contribution in [2.45, 2.75) is 46.2 Å². The minimum Gasteiger partial charge on any atom is -0.319 e. The lowest BCUT2D eigenvalue weighted by Gasteiger charge is -2.33. The van der Waals surface area contributed by atoms with Gasteiger partial charge in [-0.05, 0) is 71.3 Å². The van der Waals surface area contributed by atoms with E-state index in [9.17, 15) is 0 Å². The van der Waals surface area contributed by atoms with Crippen LogP contribution in [0.1, 0.15) is 43.0 Å². The Balaban J connectivity index is 2.37. The number of nitrogens with zero attached hydrogens (tertiary/aromatic N) is 1. The summed E-state index contributed by atoms with van der Waals surface area (Å²) < 4.78 is 0. The van der Waals surface area contributed by atoms with Crippen LogP contribution in [0.3, 0.4) is 0 Å². The molecule has 1 aromatic carbocycles. The van der Waals surface area contributed by atoms with Crippen molar-refractivity contribution in [2.75, 3.05) is 20.1 Å². The van der Waals surface area contributed by atoms with Crippen molar-refractivity contribution >= 4 is 0 Å². The third kappa shape index (κ3) is 3.01. The Morgan fingerprint density at radius 3 is 2.68 bits per heavy atom. The number of aryl methyl sites for hydroxylation is 2. The molecule has 0 saturated carbocycles. The zero-order valence-electron chi connectivity index (χ0n) is 13.0. The molecule has 2 atom stereocenters. The van der Waals surface area contributed by atoms with Crippen LogP contribution in [-0.2, 0) is 0 Å². The van der Waals surface area contributed by atoms with E-state index in [2.05, 4.69) is 63.2 Å². The molecule has 19 heavy (non-hydrogen) atoms. The number of likely N-dealkylation sites (tertiary alicyclic amines) is 1. The van der Waals surface area contributed by atoms with Gasteiger partial charge in [0, 0.05) is 12.1 Å². The van der Waals surface area contributed by atoms with Crippen molar-refractivity contribution in [3.8, 4) is 0 Å². The average Bonchev–Trinajstić information content (AvgIpc) is 2.76. The summed E-state index contributed by atoms with van der Waals surface area (Å²) in [5, 5.41) is 3.38. The predicted octanol–water partition coefficient (Wildman–Crippen LogP) is 3.29. The van der Waals surface area contributed by atoms with E-state index in [4.69, 9.17) is 0 Å². The standard InChI is InChI=1S/C17H28N2/c1-12(2)19-9-8-15(11-18-5)17(19)16-10-13(3)6-7-14(16)4/h6-7,10,12,15,17-18H,8-9,11H2,1-5H3. The van der Waals surface area contributed by atoms with E-state index in [1.165, 1.54) is 29.7 Å². The lowest BCUT2D eigenvalue weighted by atomic mass is 9.89. The molecule has 0 spiro atoms. The van der Waals surface area contributed by atoms with Crippen LogP contribution in [0.15, 0.2) is 18.2 Å². The fourth-order valence-corrected chi connectivity index (χ4v) is 3.45. The SMILES string of the molecule is CNCC1CCN(C(C)C)C1c1cc(C)ccc1C. The van der Waals surface area contributed by atoms with E-state index >= 15 is 0 Å². The molecular weight excluding hydrogens is 232 g/mol. The molecular formula is C17H28N2. The van der Waals surface area contributed by atoms with Gasteiger partial charge in [-0.2, -0.15) is 0 Å². The van der Waals surface area contributed by atoms with Gasteiger partial charge in [0.05, 0.1) is 0 Å². The van der Waals surface area contributed by atoms with E-state index in [1.807, 2.05) is 0 Å². The van der Waals surface area contributed by atoms with Crippen LogP contribution >= 0.6 is 0 Å². The number of benzene rings is 1. The fourth-order valence-electron chi connectivity index (χ4n) is 3.45. The molecule has 1 N–H and O–H groups in total. The van der Waals surface area contributed by atoms with Crippen molar-refractivity contribution in [2.24, 2.45) is 5.92 Å². The molecule has 1 aliphatic rings. The quantitative estimate of drug-likeness (QED) is 0.893. The van der Waals surface area contributed by atoms with E-state index in [-0.39, 0.29) is 0 Å². The van der Waals surface area contributed by atoms with Crippen molar-refractivity contribution in [1.82, 2.24) is 10.2 Å². The van der Waals surface area contributed by atoms with Gasteiger partial charge in [0.15, 0.2) is 0 Å². The highest BCUT2D eigenvalue weighted by molar-refractivity contribution is 5.34. The molecule has 0 aliphatic carbocycles. The second-order valence-electron chi connectivity index (χ2n) is 6.24. The van der Waals surface area contributed by atoms with E-state index < -0.39 is 0 Å². The van der Waals surface area contributed by atoms with Gasteiger partial charge in [-0.15, -0.1) is 0 Å². The Hall–Kier alpha value is -0.860. The molecule has 1 aliphatic heterocycles. The lowest BCUT2D eigenvalue weighted by molar-refractivity contribution is 0.182. The molecule has 106 valence electrons. The lowest BCUT2D eigenvalue weighted by Crippen LogP contribution is -2.34. The predicted molar refractivity (Wildman–Crippen MR) is 82.5 cm³/mol. The van der Waals surface area contributed by atoms with Crippen LogP contribution in [0, 0.1) is 19.8 Å². The smallest absolute Gasteiger partial charge is 0.0394 e. The summed E-state index contributed by atoms with van der Waals surface area (Å²) in [6, 6.07) is 8.08. The average molecular weight is 260 g/mol. The monoisotopic (exact) mass is 260 g/mol. The summed E-state index contributed by atoms with van der Waals surface area (Å²) in [5.41, 5.74) is 4.34. The summed E-state index contributed by atoms with van der Waals surface area (Å²) in [5.74, 6) is 0.730. The number of hydrogen-bond acceptors (Lipinski definition) is 2. The minimum atomic E-state index is 0.576. The highest BCUT2D eigenvalue weighted by atomic mass is 15.2. The van der Waals surface area contributed by atoms with Gasteiger partial charge >= 0.3 is 0 Å². The van der Waals surface area contributed by atoms with Gasteiger partial charge in [0.1, 0.15) is 0 Å². The Kier molecular flexibility index (Phi) is 4.64. The van der Waals surface area contributed by atoms with Gasteiger partial charge in [-0.3, -0.25) is 4.90 Å². The molecule has 0 aromatic heterocycles. The first kappa shape index (κ1) is 14.5. The van der Waals surface area contributed by atoms with Crippen molar-refractivity contribution in [3.63, 3.8) is 0 Å². The molecule has 2 heteroatoms. The summed E-state index contributed by atoms with van der Waals surface area (Å²) in [6.07, 6.45) is 1.30. The summed E-state index contributed by atoms with van der Waals surface area (Å²) in [4.78, 5) is 2.67.